The highest BCUT2D eigenvalue weighted by atomic mass is 16.5. The molecule has 1 aliphatic rings. The maximum Gasteiger partial charge on any atom is 0.247 e. The molecule has 1 fully saturated rings. The van der Waals surface area contributed by atoms with Gasteiger partial charge in [-0.2, -0.15) is 0 Å². The third kappa shape index (κ3) is 3.36. The van der Waals surface area contributed by atoms with Gasteiger partial charge in [-0.25, -0.2) is 0 Å². The molecule has 3 rings (SSSR count). The Kier molecular flexibility index (Phi) is 4.60. The first kappa shape index (κ1) is 15.5. The maximum absolute atomic E-state index is 11.9. The molecule has 1 aromatic heterocycles. The molecule has 1 saturated heterocycles. The zero-order valence-electron chi connectivity index (χ0n) is 13.5. The van der Waals surface area contributed by atoms with Gasteiger partial charge < -0.3 is 14.1 Å². The molecule has 0 bridgehead atoms. The maximum atomic E-state index is 11.9. The Morgan fingerprint density at radius 1 is 1.43 bits per heavy atom. The van der Waals surface area contributed by atoms with Gasteiger partial charge in [0.25, 0.3) is 0 Å². The number of rotatable bonds is 4. The molecule has 0 saturated carbocycles. The summed E-state index contributed by atoms with van der Waals surface area (Å²) in [5, 5.41) is 8.35. The molecule has 6 heteroatoms. The SMILES string of the molecule is CCC(=O)N1CCCC(c2nnc(-c3cccc(OC)c3)o2)C1. The molecule has 0 aliphatic carbocycles. The Morgan fingerprint density at radius 3 is 3.09 bits per heavy atom. The van der Waals surface area contributed by atoms with E-state index in [4.69, 9.17) is 9.15 Å². The summed E-state index contributed by atoms with van der Waals surface area (Å²) in [5.74, 6) is 2.14. The number of benzene rings is 1. The molecule has 1 amide bonds. The molecule has 1 aromatic carbocycles. The van der Waals surface area contributed by atoms with E-state index in [-0.39, 0.29) is 11.8 Å². The minimum atomic E-state index is 0.117. The van der Waals surface area contributed by atoms with E-state index in [0.29, 0.717) is 24.7 Å². The van der Waals surface area contributed by atoms with Crippen molar-refractivity contribution >= 4 is 5.91 Å². The minimum absolute atomic E-state index is 0.117. The van der Waals surface area contributed by atoms with E-state index in [1.807, 2.05) is 36.1 Å². The van der Waals surface area contributed by atoms with Gasteiger partial charge in [-0.05, 0) is 31.0 Å². The average molecular weight is 315 g/mol. The fraction of sp³-hybridized carbons (Fsp3) is 0.471. The van der Waals surface area contributed by atoms with Gasteiger partial charge in [0, 0.05) is 25.1 Å². The Balaban J connectivity index is 1.77. The molecule has 6 nitrogen and oxygen atoms in total. The number of piperidine rings is 1. The number of ether oxygens (including phenoxy) is 1. The molecular formula is C17H21N3O3. The van der Waals surface area contributed by atoms with E-state index < -0.39 is 0 Å². The number of aromatic nitrogens is 2. The lowest BCUT2D eigenvalue weighted by molar-refractivity contribution is -0.132. The highest BCUT2D eigenvalue weighted by Gasteiger charge is 2.27. The molecule has 0 radical (unpaired) electrons. The van der Waals surface area contributed by atoms with Crippen LogP contribution in [0.15, 0.2) is 28.7 Å². The number of carbonyl (C=O) groups is 1. The van der Waals surface area contributed by atoms with Crippen molar-refractivity contribution in [3.8, 4) is 17.2 Å². The van der Waals surface area contributed by atoms with Gasteiger partial charge in [-0.1, -0.05) is 13.0 Å². The monoisotopic (exact) mass is 315 g/mol. The summed E-state index contributed by atoms with van der Waals surface area (Å²) in [7, 11) is 1.62. The van der Waals surface area contributed by atoms with E-state index in [9.17, 15) is 4.79 Å². The molecule has 0 spiro atoms. The lowest BCUT2D eigenvalue weighted by Crippen LogP contribution is -2.38. The van der Waals surface area contributed by atoms with Gasteiger partial charge in [-0.15, -0.1) is 10.2 Å². The van der Waals surface area contributed by atoms with Gasteiger partial charge in [0.2, 0.25) is 17.7 Å². The van der Waals surface area contributed by atoms with E-state index in [1.165, 1.54) is 0 Å². The van der Waals surface area contributed by atoms with Crippen molar-refractivity contribution in [1.82, 2.24) is 15.1 Å². The topological polar surface area (TPSA) is 68.5 Å². The summed E-state index contributed by atoms with van der Waals surface area (Å²) in [6.45, 7) is 3.37. The van der Waals surface area contributed by atoms with Crippen molar-refractivity contribution in [3.63, 3.8) is 0 Å². The van der Waals surface area contributed by atoms with Crippen LogP contribution < -0.4 is 4.74 Å². The third-order valence-corrected chi connectivity index (χ3v) is 4.18. The summed E-state index contributed by atoms with van der Waals surface area (Å²) in [5.41, 5.74) is 0.834. The number of carbonyl (C=O) groups excluding carboxylic acids is 1. The second-order valence-electron chi connectivity index (χ2n) is 5.71. The second kappa shape index (κ2) is 6.81. The van der Waals surface area contributed by atoms with Crippen molar-refractivity contribution in [3.05, 3.63) is 30.2 Å². The Hall–Kier alpha value is -2.37. The number of likely N-dealkylation sites (tertiary alicyclic amines) is 1. The van der Waals surface area contributed by atoms with E-state index in [2.05, 4.69) is 10.2 Å². The molecule has 23 heavy (non-hydrogen) atoms. The van der Waals surface area contributed by atoms with Crippen molar-refractivity contribution in [1.29, 1.82) is 0 Å². The first-order valence-electron chi connectivity index (χ1n) is 7.97. The van der Waals surface area contributed by atoms with Crippen LogP contribution in [0.1, 0.15) is 38.0 Å². The summed E-state index contributed by atoms with van der Waals surface area (Å²) < 4.78 is 11.1. The zero-order chi connectivity index (χ0) is 16.2. The smallest absolute Gasteiger partial charge is 0.247 e. The Morgan fingerprint density at radius 2 is 2.30 bits per heavy atom. The second-order valence-corrected chi connectivity index (χ2v) is 5.71. The number of methoxy groups -OCH3 is 1. The number of hydrogen-bond donors (Lipinski definition) is 0. The van der Waals surface area contributed by atoms with Crippen LogP contribution in [0.3, 0.4) is 0 Å². The third-order valence-electron chi connectivity index (χ3n) is 4.18. The lowest BCUT2D eigenvalue weighted by Gasteiger charge is -2.30. The first-order valence-corrected chi connectivity index (χ1v) is 7.97. The summed E-state index contributed by atoms with van der Waals surface area (Å²) in [6, 6.07) is 7.54. The largest absolute Gasteiger partial charge is 0.497 e. The van der Waals surface area contributed by atoms with Gasteiger partial charge in [-0.3, -0.25) is 4.79 Å². The fourth-order valence-corrected chi connectivity index (χ4v) is 2.90. The van der Waals surface area contributed by atoms with Crippen molar-refractivity contribution in [2.75, 3.05) is 20.2 Å². The number of nitrogens with zero attached hydrogens (tertiary/aromatic N) is 3. The van der Waals surface area contributed by atoms with Crippen molar-refractivity contribution in [2.24, 2.45) is 0 Å². The highest BCUT2D eigenvalue weighted by molar-refractivity contribution is 5.76. The number of hydrogen-bond acceptors (Lipinski definition) is 5. The van der Waals surface area contributed by atoms with Gasteiger partial charge >= 0.3 is 0 Å². The van der Waals surface area contributed by atoms with Crippen LogP contribution in [-0.4, -0.2) is 41.2 Å². The highest BCUT2D eigenvalue weighted by Crippen LogP contribution is 2.29. The molecule has 1 aliphatic heterocycles. The van der Waals surface area contributed by atoms with E-state index >= 15 is 0 Å². The predicted octanol–water partition coefficient (Wildman–Crippen LogP) is 2.86. The van der Waals surface area contributed by atoms with Crippen LogP contribution in [0.25, 0.3) is 11.5 Å². The first-order chi connectivity index (χ1) is 11.2. The Bertz CT molecular complexity index is 683. The van der Waals surface area contributed by atoms with Crippen LogP contribution in [-0.2, 0) is 4.79 Å². The van der Waals surface area contributed by atoms with Crippen LogP contribution in [0, 0.1) is 0 Å². The van der Waals surface area contributed by atoms with Crippen LogP contribution in [0.2, 0.25) is 0 Å². The van der Waals surface area contributed by atoms with Crippen LogP contribution >= 0.6 is 0 Å². The van der Waals surface area contributed by atoms with E-state index in [1.54, 1.807) is 7.11 Å². The minimum Gasteiger partial charge on any atom is -0.497 e. The van der Waals surface area contributed by atoms with Crippen LogP contribution in [0.5, 0.6) is 5.75 Å². The molecule has 1 unspecified atom stereocenters. The molecule has 0 N–H and O–H groups in total. The fourth-order valence-electron chi connectivity index (χ4n) is 2.90. The zero-order valence-corrected chi connectivity index (χ0v) is 13.5. The van der Waals surface area contributed by atoms with Gasteiger partial charge in [0.05, 0.1) is 13.0 Å². The van der Waals surface area contributed by atoms with Crippen molar-refractivity contribution in [2.45, 2.75) is 32.1 Å². The molecule has 2 aromatic rings. The molecule has 1 atom stereocenters. The molecule has 2 heterocycles. The van der Waals surface area contributed by atoms with Gasteiger partial charge in [0.15, 0.2) is 0 Å². The van der Waals surface area contributed by atoms with Crippen LogP contribution in [0.4, 0.5) is 0 Å². The predicted molar refractivity (Wildman–Crippen MR) is 85.1 cm³/mol. The number of amides is 1. The summed E-state index contributed by atoms with van der Waals surface area (Å²) in [6.07, 6.45) is 2.46. The normalized spacial score (nSPS) is 18.0. The lowest BCUT2D eigenvalue weighted by atomic mass is 9.98. The summed E-state index contributed by atoms with van der Waals surface area (Å²) >= 11 is 0. The van der Waals surface area contributed by atoms with E-state index in [0.717, 1.165) is 30.7 Å². The van der Waals surface area contributed by atoms with Crippen molar-refractivity contribution < 1.29 is 13.9 Å². The molecule has 122 valence electrons. The summed E-state index contributed by atoms with van der Waals surface area (Å²) in [4.78, 5) is 13.8. The molecular weight excluding hydrogens is 294 g/mol. The van der Waals surface area contributed by atoms with Gasteiger partial charge in [0.1, 0.15) is 5.75 Å². The quantitative estimate of drug-likeness (QED) is 0.868. The standard InChI is InChI=1S/C17H21N3O3/c1-3-15(21)20-9-5-7-13(11-20)17-19-18-16(23-17)12-6-4-8-14(10-12)22-2/h4,6,8,10,13H,3,5,7,9,11H2,1-2H3. The Labute approximate surface area is 135 Å². The average Bonchev–Trinajstić information content (AvgIpc) is 3.11.